The zero-order valence-corrected chi connectivity index (χ0v) is 26.4. The van der Waals surface area contributed by atoms with Gasteiger partial charge in [-0.15, -0.1) is 0 Å². The Morgan fingerprint density at radius 2 is 1.80 bits per heavy atom. The number of benzene rings is 1. The molecule has 0 radical (unpaired) electrons. The van der Waals surface area contributed by atoms with Crippen molar-refractivity contribution in [3.8, 4) is 0 Å². The number of carbonyl (C=O) groups excluding carboxylic acids is 1. The van der Waals surface area contributed by atoms with Crippen LogP contribution >= 0.6 is 0 Å². The molecule has 1 saturated carbocycles. The lowest BCUT2D eigenvalue weighted by atomic mass is 9.96. The number of pyridine rings is 1. The molecule has 41 heavy (non-hydrogen) atoms. The molecule has 8 nitrogen and oxygen atoms in total. The van der Waals surface area contributed by atoms with Gasteiger partial charge >= 0.3 is 5.97 Å². The van der Waals surface area contributed by atoms with Crippen LogP contribution in [0.1, 0.15) is 81.5 Å². The van der Waals surface area contributed by atoms with Crippen LogP contribution in [0.4, 0.5) is 5.69 Å². The number of aromatic nitrogens is 1. The third-order valence-corrected chi connectivity index (χ3v) is 7.42. The molecular formula is C33H51N3O5. The molecule has 1 aliphatic rings. The van der Waals surface area contributed by atoms with Crippen LogP contribution in [0.15, 0.2) is 40.2 Å². The van der Waals surface area contributed by atoms with E-state index in [2.05, 4.69) is 38.2 Å². The van der Waals surface area contributed by atoms with Gasteiger partial charge in [0.2, 0.25) is 0 Å². The van der Waals surface area contributed by atoms with Gasteiger partial charge in [-0.2, -0.15) is 0 Å². The molecule has 8 heteroatoms. The van der Waals surface area contributed by atoms with Gasteiger partial charge in [-0.3, -0.25) is 19.9 Å². The van der Waals surface area contributed by atoms with Crippen molar-refractivity contribution in [3.05, 3.63) is 63.1 Å². The molecule has 0 amide bonds. The van der Waals surface area contributed by atoms with Crippen molar-refractivity contribution in [2.75, 3.05) is 27.4 Å². The summed E-state index contributed by atoms with van der Waals surface area (Å²) in [6.07, 6.45) is 8.07. The third-order valence-electron chi connectivity index (χ3n) is 7.42. The fraction of sp³-hybridized carbons (Fsp3) is 0.606. The smallest absolute Gasteiger partial charge is 0.325 e. The maximum absolute atomic E-state index is 12.7. The molecule has 1 aromatic heterocycles. The van der Waals surface area contributed by atoms with E-state index in [1.165, 1.54) is 0 Å². The van der Waals surface area contributed by atoms with E-state index in [9.17, 15) is 9.59 Å². The van der Waals surface area contributed by atoms with Crippen LogP contribution in [0.5, 0.6) is 0 Å². The summed E-state index contributed by atoms with van der Waals surface area (Å²) in [6.45, 7) is 11.9. The van der Waals surface area contributed by atoms with Crippen molar-refractivity contribution in [2.45, 2.75) is 91.8 Å². The van der Waals surface area contributed by atoms with Crippen LogP contribution < -0.4 is 10.9 Å². The Morgan fingerprint density at radius 1 is 1.10 bits per heavy atom. The summed E-state index contributed by atoms with van der Waals surface area (Å²) >= 11 is 0. The second-order valence-corrected chi connectivity index (χ2v) is 11.0. The Balaban J connectivity index is 0.00000108. The van der Waals surface area contributed by atoms with Crippen LogP contribution in [0.3, 0.4) is 0 Å². The van der Waals surface area contributed by atoms with Crippen LogP contribution in [-0.2, 0) is 32.6 Å². The lowest BCUT2D eigenvalue weighted by molar-refractivity contribution is -0.152. The number of hydrogen-bond acceptors (Lipinski definition) is 7. The first kappa shape index (κ1) is 34.4. The number of esters is 1. The third kappa shape index (κ3) is 10.8. The minimum atomic E-state index is -0.520. The molecule has 1 heterocycles. The highest BCUT2D eigenvalue weighted by Crippen LogP contribution is 2.25. The number of aliphatic imine (C=N–C) groups is 1. The zero-order chi connectivity index (χ0) is 30.4. The number of ether oxygens (including phenoxy) is 3. The summed E-state index contributed by atoms with van der Waals surface area (Å²) < 4.78 is 17.3. The van der Waals surface area contributed by atoms with Gasteiger partial charge in [-0.25, -0.2) is 0 Å². The molecule has 3 rings (SSSR count). The fourth-order valence-electron chi connectivity index (χ4n) is 4.76. The van der Waals surface area contributed by atoms with E-state index >= 15 is 0 Å². The highest BCUT2D eigenvalue weighted by atomic mass is 16.5. The second kappa shape index (κ2) is 17.9. The normalized spacial score (nSPS) is 15.3. The summed E-state index contributed by atoms with van der Waals surface area (Å²) in [4.78, 5) is 30.0. The Labute approximate surface area is 246 Å². The Hall–Kier alpha value is -2.81. The van der Waals surface area contributed by atoms with E-state index < -0.39 is 6.04 Å². The molecule has 228 valence electrons. The van der Waals surface area contributed by atoms with E-state index in [4.69, 9.17) is 19.2 Å². The first-order chi connectivity index (χ1) is 19.6. The predicted molar refractivity (Wildman–Crippen MR) is 166 cm³/mol. The van der Waals surface area contributed by atoms with Crippen molar-refractivity contribution < 1.29 is 19.0 Å². The highest BCUT2D eigenvalue weighted by Gasteiger charge is 2.25. The molecule has 1 fully saturated rings. The fourth-order valence-corrected chi connectivity index (χ4v) is 4.76. The van der Waals surface area contributed by atoms with Crippen LogP contribution in [0, 0.1) is 19.8 Å². The summed E-state index contributed by atoms with van der Waals surface area (Å²) in [5.41, 5.74) is 5.60. The van der Waals surface area contributed by atoms with Crippen LogP contribution in [0.25, 0.3) is 0 Å². The van der Waals surface area contributed by atoms with Crippen molar-refractivity contribution >= 4 is 17.4 Å². The molecule has 0 bridgehead atoms. The van der Waals surface area contributed by atoms with Crippen molar-refractivity contribution in [1.29, 1.82) is 0 Å². The first-order valence-corrected chi connectivity index (χ1v) is 14.9. The zero-order valence-electron chi connectivity index (χ0n) is 26.4. The molecule has 1 aromatic carbocycles. The SMILES string of the molecule is CCC(C)C(=Nc1cc(CNC(COC)C(=O)OC2CCCC2)ccc1C)c1cc(C)c(=O)n(C)c1.CCCOC. The molecule has 2 aromatic rings. The molecule has 0 aliphatic heterocycles. The van der Waals surface area contributed by atoms with E-state index in [0.717, 1.165) is 73.2 Å². The topological polar surface area (TPSA) is 91.2 Å². The Morgan fingerprint density at radius 3 is 2.37 bits per heavy atom. The van der Waals surface area contributed by atoms with E-state index in [1.807, 2.05) is 32.2 Å². The number of nitrogens with zero attached hydrogens (tertiary/aromatic N) is 2. The number of nitrogens with one attached hydrogen (secondary N) is 1. The minimum Gasteiger partial charge on any atom is -0.461 e. The van der Waals surface area contributed by atoms with Gasteiger partial charge in [0.15, 0.2) is 0 Å². The summed E-state index contributed by atoms with van der Waals surface area (Å²) in [6, 6.07) is 7.57. The lowest BCUT2D eigenvalue weighted by Gasteiger charge is -2.20. The van der Waals surface area contributed by atoms with Crippen molar-refractivity contribution in [1.82, 2.24) is 9.88 Å². The highest BCUT2D eigenvalue weighted by molar-refractivity contribution is 6.03. The van der Waals surface area contributed by atoms with Gasteiger partial charge in [-0.1, -0.05) is 32.9 Å². The van der Waals surface area contributed by atoms with Gasteiger partial charge in [0, 0.05) is 51.7 Å². The monoisotopic (exact) mass is 569 g/mol. The summed E-state index contributed by atoms with van der Waals surface area (Å²) in [5.74, 6) is -0.0299. The van der Waals surface area contributed by atoms with Gasteiger partial charge in [0.05, 0.1) is 18.0 Å². The predicted octanol–water partition coefficient (Wildman–Crippen LogP) is 5.80. The van der Waals surface area contributed by atoms with Crippen molar-refractivity contribution in [3.63, 3.8) is 0 Å². The first-order valence-electron chi connectivity index (χ1n) is 14.9. The number of rotatable bonds is 13. The average molecular weight is 570 g/mol. The maximum Gasteiger partial charge on any atom is 0.325 e. The van der Waals surface area contributed by atoms with Crippen molar-refractivity contribution in [2.24, 2.45) is 18.0 Å². The lowest BCUT2D eigenvalue weighted by Crippen LogP contribution is -2.42. The van der Waals surface area contributed by atoms with E-state index in [1.54, 1.807) is 25.8 Å². The molecule has 1 aliphatic carbocycles. The van der Waals surface area contributed by atoms with Gasteiger partial charge in [-0.05, 0) is 81.5 Å². The number of aryl methyl sites for hydroxylation is 3. The van der Waals surface area contributed by atoms with E-state index in [0.29, 0.717) is 12.1 Å². The van der Waals surface area contributed by atoms with Crippen LogP contribution in [-0.4, -0.2) is 55.8 Å². The van der Waals surface area contributed by atoms with Crippen LogP contribution in [0.2, 0.25) is 0 Å². The molecule has 0 spiro atoms. The van der Waals surface area contributed by atoms with Gasteiger partial charge < -0.3 is 18.8 Å². The number of carbonyl (C=O) groups is 1. The summed E-state index contributed by atoms with van der Waals surface area (Å²) in [7, 11) is 5.08. The average Bonchev–Trinajstić information content (AvgIpc) is 3.47. The quantitative estimate of drug-likeness (QED) is 0.242. The number of methoxy groups -OCH3 is 2. The molecule has 2 unspecified atom stereocenters. The molecule has 2 atom stereocenters. The standard InChI is InChI=1S/C29H41N3O4.C4H10O/c1-7-19(2)27(23-14-21(4)28(33)32(5)17-23)31-25-15-22(13-12-20(25)3)16-30-26(18-35-6)29(34)36-24-10-8-9-11-24;1-3-4-5-2/h12-15,17,19,24,26,30H,7-11,16,18H2,1-6H3;3-4H2,1-2H3. The molecular weight excluding hydrogens is 518 g/mol. The van der Waals surface area contributed by atoms with Gasteiger partial charge in [0.1, 0.15) is 12.1 Å². The maximum atomic E-state index is 12.7. The molecule has 1 N–H and O–H groups in total. The Kier molecular flexibility index (Phi) is 15.0. The largest absolute Gasteiger partial charge is 0.461 e. The Bertz CT molecular complexity index is 1160. The second-order valence-electron chi connectivity index (χ2n) is 11.0. The van der Waals surface area contributed by atoms with Gasteiger partial charge in [0.25, 0.3) is 5.56 Å². The number of hydrogen-bond donors (Lipinski definition) is 1. The van der Waals surface area contributed by atoms with E-state index in [-0.39, 0.29) is 30.2 Å². The summed E-state index contributed by atoms with van der Waals surface area (Å²) in [5, 5.41) is 3.31. The molecule has 0 saturated heterocycles. The minimum absolute atomic E-state index is 0.00331.